The molecule has 146 valence electrons. The largest absolute Gasteiger partial charge is 0.444 e. The van der Waals surface area contributed by atoms with Crippen LogP contribution in [0.1, 0.15) is 55.4 Å². The Balaban J connectivity index is 4.77. The Bertz CT molecular complexity index is 493. The summed E-state index contributed by atoms with van der Waals surface area (Å²) in [5, 5.41) is 9.08. The maximum Gasteiger partial charge on any atom is 0.408 e. The molecular weight excluding hydrogens is 322 g/mol. The van der Waals surface area contributed by atoms with Crippen LogP contribution in [0.25, 0.3) is 0 Å². The summed E-state index contributed by atoms with van der Waals surface area (Å²) in [5.74, 6) is 0.148. The lowest BCUT2D eigenvalue weighted by atomic mass is 9.93. The second-order valence-corrected chi connectivity index (χ2v) is 8.31. The number of nitrogens with zero attached hydrogens (tertiary/aromatic N) is 1. The van der Waals surface area contributed by atoms with Crippen LogP contribution < -0.4 is 21.7 Å². The Morgan fingerprint density at radius 3 is 2.04 bits per heavy atom. The van der Waals surface area contributed by atoms with E-state index in [1.807, 2.05) is 41.5 Å². The predicted octanol–water partition coefficient (Wildman–Crippen LogP) is 1.36. The summed E-state index contributed by atoms with van der Waals surface area (Å²) in [4.78, 5) is 27.7. The van der Waals surface area contributed by atoms with E-state index in [9.17, 15) is 9.59 Å². The number of hydrogen-bond acceptors (Lipinski definition) is 4. The van der Waals surface area contributed by atoms with Gasteiger partial charge in [0.05, 0.1) is 17.5 Å². The van der Waals surface area contributed by atoms with Gasteiger partial charge in [0, 0.05) is 13.1 Å². The summed E-state index contributed by atoms with van der Waals surface area (Å²) in [6, 6.07) is 0. The maximum absolute atomic E-state index is 11.9. The van der Waals surface area contributed by atoms with Crippen molar-refractivity contribution in [2.45, 2.75) is 66.5 Å². The third kappa shape index (κ3) is 10.5. The van der Waals surface area contributed by atoms with Crippen LogP contribution in [-0.4, -0.2) is 48.7 Å². The number of carbonyl (C=O) groups is 2. The number of alkyl carbamates (subject to hydrolysis) is 1. The highest BCUT2D eigenvalue weighted by Crippen LogP contribution is 2.14. The summed E-state index contributed by atoms with van der Waals surface area (Å²) in [7, 11) is 0. The molecule has 0 unspecified atom stereocenters. The Morgan fingerprint density at radius 1 is 1.04 bits per heavy atom. The van der Waals surface area contributed by atoms with Crippen molar-refractivity contribution in [1.29, 1.82) is 0 Å². The third-order valence-electron chi connectivity index (χ3n) is 3.18. The highest BCUT2D eigenvalue weighted by molar-refractivity contribution is 5.82. The number of guanidine groups is 1. The van der Waals surface area contributed by atoms with Crippen LogP contribution in [0, 0.1) is 5.41 Å². The third-order valence-corrected chi connectivity index (χ3v) is 3.18. The molecule has 0 aliphatic carbocycles. The summed E-state index contributed by atoms with van der Waals surface area (Å²) in [6.07, 6.45) is -0.476. The van der Waals surface area contributed by atoms with Gasteiger partial charge in [-0.2, -0.15) is 0 Å². The van der Waals surface area contributed by atoms with E-state index in [0.29, 0.717) is 19.0 Å². The van der Waals surface area contributed by atoms with Crippen molar-refractivity contribution in [2.24, 2.45) is 16.1 Å². The summed E-state index contributed by atoms with van der Waals surface area (Å²) < 4.78 is 5.27. The van der Waals surface area contributed by atoms with Crippen molar-refractivity contribution in [1.82, 2.24) is 16.0 Å². The Hall–Kier alpha value is -1.99. The van der Waals surface area contributed by atoms with Gasteiger partial charge in [0.15, 0.2) is 5.96 Å². The molecule has 25 heavy (non-hydrogen) atoms. The molecule has 8 nitrogen and oxygen atoms in total. The molecule has 0 aliphatic rings. The molecule has 0 bridgehead atoms. The van der Waals surface area contributed by atoms with Gasteiger partial charge in [0.2, 0.25) is 5.91 Å². The van der Waals surface area contributed by atoms with E-state index >= 15 is 0 Å². The summed E-state index contributed by atoms with van der Waals surface area (Å²) in [5.41, 5.74) is 3.53. The minimum Gasteiger partial charge on any atom is -0.444 e. The van der Waals surface area contributed by atoms with Crippen LogP contribution in [0.15, 0.2) is 4.99 Å². The second kappa shape index (κ2) is 8.92. The minimum absolute atomic E-state index is 0.261. The van der Waals surface area contributed by atoms with E-state index in [2.05, 4.69) is 20.9 Å². The van der Waals surface area contributed by atoms with Crippen LogP contribution in [-0.2, 0) is 9.53 Å². The first-order valence-electron chi connectivity index (χ1n) is 8.52. The molecule has 0 rings (SSSR count). The molecule has 0 radical (unpaired) electrons. The molecule has 2 amide bonds. The van der Waals surface area contributed by atoms with Gasteiger partial charge in [-0.15, -0.1) is 0 Å². The number of primary amides is 1. The van der Waals surface area contributed by atoms with Crippen LogP contribution in [0.2, 0.25) is 0 Å². The fraction of sp³-hybridized carbons (Fsp3) is 0.824. The van der Waals surface area contributed by atoms with E-state index in [1.54, 1.807) is 13.8 Å². The average molecular weight is 357 g/mol. The van der Waals surface area contributed by atoms with Crippen molar-refractivity contribution < 1.29 is 14.3 Å². The predicted molar refractivity (Wildman–Crippen MR) is 100 cm³/mol. The molecule has 0 aromatic rings. The molecule has 8 heteroatoms. The normalized spacial score (nSPS) is 13.2. The summed E-state index contributed by atoms with van der Waals surface area (Å²) in [6.45, 7) is 16.0. The van der Waals surface area contributed by atoms with Gasteiger partial charge in [0.25, 0.3) is 0 Å². The lowest BCUT2D eigenvalue weighted by Crippen LogP contribution is -2.54. The highest BCUT2D eigenvalue weighted by Gasteiger charge is 2.26. The first kappa shape index (κ1) is 23.0. The van der Waals surface area contributed by atoms with Crippen molar-refractivity contribution in [3.8, 4) is 0 Å². The van der Waals surface area contributed by atoms with Gasteiger partial charge in [0.1, 0.15) is 5.60 Å². The topological polar surface area (TPSA) is 118 Å². The van der Waals surface area contributed by atoms with Gasteiger partial charge < -0.3 is 26.4 Å². The van der Waals surface area contributed by atoms with Crippen molar-refractivity contribution in [3.63, 3.8) is 0 Å². The van der Waals surface area contributed by atoms with Gasteiger partial charge in [-0.3, -0.25) is 9.79 Å². The number of ether oxygens (including phenoxy) is 1. The van der Waals surface area contributed by atoms with Crippen molar-refractivity contribution in [2.75, 3.05) is 19.6 Å². The average Bonchev–Trinajstić information content (AvgIpc) is 2.38. The zero-order valence-corrected chi connectivity index (χ0v) is 16.9. The molecule has 5 N–H and O–H groups in total. The van der Waals surface area contributed by atoms with Gasteiger partial charge in [-0.1, -0.05) is 0 Å². The van der Waals surface area contributed by atoms with E-state index in [-0.39, 0.29) is 6.54 Å². The number of amides is 2. The smallest absolute Gasteiger partial charge is 0.408 e. The summed E-state index contributed by atoms with van der Waals surface area (Å²) >= 11 is 0. The molecule has 0 aromatic heterocycles. The molecule has 0 atom stereocenters. The van der Waals surface area contributed by atoms with Crippen LogP contribution in [0.3, 0.4) is 0 Å². The monoisotopic (exact) mass is 357 g/mol. The lowest BCUT2D eigenvalue weighted by Gasteiger charge is -2.29. The Labute approximate surface area is 151 Å². The first-order valence-corrected chi connectivity index (χ1v) is 8.52. The number of nitrogens with two attached hydrogens (primary N) is 1. The van der Waals surface area contributed by atoms with E-state index in [4.69, 9.17) is 10.5 Å². The van der Waals surface area contributed by atoms with E-state index < -0.39 is 28.6 Å². The van der Waals surface area contributed by atoms with Crippen molar-refractivity contribution >= 4 is 18.0 Å². The molecule has 0 aliphatic heterocycles. The fourth-order valence-electron chi connectivity index (χ4n) is 1.63. The maximum atomic E-state index is 11.9. The molecule has 0 fully saturated rings. The molecular formula is C17H35N5O3. The highest BCUT2D eigenvalue weighted by atomic mass is 16.6. The minimum atomic E-state index is -0.730. The number of nitrogens with one attached hydrogen (secondary N) is 3. The van der Waals surface area contributed by atoms with E-state index in [0.717, 1.165) is 0 Å². The molecule has 0 saturated carbocycles. The molecule has 0 spiro atoms. The molecule has 0 saturated heterocycles. The number of aliphatic imine (C=N–C) groups is 1. The number of hydrogen-bond donors (Lipinski definition) is 4. The Kier molecular flexibility index (Phi) is 8.21. The van der Waals surface area contributed by atoms with Crippen molar-refractivity contribution in [3.05, 3.63) is 0 Å². The molecule has 0 heterocycles. The zero-order chi connectivity index (χ0) is 19.9. The number of rotatable bonds is 7. The van der Waals surface area contributed by atoms with E-state index in [1.165, 1.54) is 0 Å². The SMILES string of the molecule is CCNC(=NCC(C)(C)C(N)=O)NCC(C)(C)NC(=O)OC(C)(C)C. The zero-order valence-electron chi connectivity index (χ0n) is 16.9. The van der Waals surface area contributed by atoms with Gasteiger partial charge in [-0.05, 0) is 55.4 Å². The first-order chi connectivity index (χ1) is 11.2. The van der Waals surface area contributed by atoms with Gasteiger partial charge >= 0.3 is 6.09 Å². The van der Waals surface area contributed by atoms with Crippen LogP contribution >= 0.6 is 0 Å². The number of carbonyl (C=O) groups excluding carboxylic acids is 2. The molecule has 0 aromatic carbocycles. The fourth-order valence-corrected chi connectivity index (χ4v) is 1.63. The van der Waals surface area contributed by atoms with Crippen LogP contribution in [0.4, 0.5) is 4.79 Å². The second-order valence-electron chi connectivity index (χ2n) is 8.31. The lowest BCUT2D eigenvalue weighted by molar-refractivity contribution is -0.125. The van der Waals surface area contributed by atoms with Crippen LogP contribution in [0.5, 0.6) is 0 Å². The Morgan fingerprint density at radius 2 is 1.60 bits per heavy atom. The van der Waals surface area contributed by atoms with Gasteiger partial charge in [-0.25, -0.2) is 4.79 Å². The standard InChI is InChI=1S/C17H35N5O3/c1-9-19-13(20-10-16(5,6)12(18)23)21-11-17(7,8)22-14(24)25-15(2,3)4/h9-11H2,1-8H3,(H2,18,23)(H,22,24)(H2,19,20,21). The quantitative estimate of drug-likeness (QED) is 0.405.